The number of carbonyl (C=O) groups excluding carboxylic acids is 1. The molecule has 1 heterocycles. The van der Waals surface area contributed by atoms with Gasteiger partial charge in [-0.05, 0) is 24.5 Å². The number of esters is 1. The molecule has 1 aliphatic rings. The normalized spacial score (nSPS) is 23.8. The topological polar surface area (TPSA) is 46.5 Å². The van der Waals surface area contributed by atoms with Crippen molar-refractivity contribution in [3.05, 3.63) is 28.8 Å². The smallest absolute Gasteiger partial charge is 0.342 e. The number of hydrogen-bond donors (Lipinski definition) is 1. The van der Waals surface area contributed by atoms with E-state index < -0.39 is 5.97 Å². The van der Waals surface area contributed by atoms with Crippen molar-refractivity contribution in [2.45, 2.75) is 39.2 Å². The van der Waals surface area contributed by atoms with Crippen LogP contribution in [0.4, 0.5) is 0 Å². The lowest BCUT2D eigenvalue weighted by molar-refractivity contribution is 0.0176. The fourth-order valence-electron chi connectivity index (χ4n) is 2.24. The van der Waals surface area contributed by atoms with E-state index in [0.717, 1.165) is 12.0 Å². The van der Waals surface area contributed by atoms with Crippen molar-refractivity contribution in [1.29, 1.82) is 0 Å². The summed E-state index contributed by atoms with van der Waals surface area (Å²) in [5, 5.41) is 9.89. The molecule has 2 rings (SSSR count). The molecule has 86 valence electrons. The largest absolute Gasteiger partial charge is 0.507 e. The summed E-state index contributed by atoms with van der Waals surface area (Å²) in [6.07, 6.45) is 0.711. The first kappa shape index (κ1) is 11.0. The number of ether oxygens (including phenoxy) is 1. The van der Waals surface area contributed by atoms with E-state index in [1.54, 1.807) is 6.92 Å². The summed E-state index contributed by atoms with van der Waals surface area (Å²) in [5.41, 5.74) is 1.95. The number of aryl methyl sites for hydroxylation is 1. The molecule has 0 saturated carbocycles. The fourth-order valence-corrected chi connectivity index (χ4v) is 2.24. The molecule has 1 aromatic rings. The zero-order valence-corrected chi connectivity index (χ0v) is 9.78. The van der Waals surface area contributed by atoms with Crippen LogP contribution >= 0.6 is 0 Å². The van der Waals surface area contributed by atoms with Gasteiger partial charge in [-0.1, -0.05) is 26.0 Å². The van der Waals surface area contributed by atoms with Crippen molar-refractivity contribution in [3.63, 3.8) is 0 Å². The Morgan fingerprint density at radius 3 is 2.75 bits per heavy atom. The SMILES string of the molecule is CC[C@@H]1OC(=O)c2c(ccc(C)c2O)[C@@H]1C. The Labute approximate surface area is 95.0 Å². The monoisotopic (exact) mass is 220 g/mol. The molecule has 1 aliphatic heterocycles. The van der Waals surface area contributed by atoms with E-state index in [9.17, 15) is 9.90 Å². The van der Waals surface area contributed by atoms with Crippen molar-refractivity contribution in [2.75, 3.05) is 0 Å². The second-order valence-corrected chi connectivity index (χ2v) is 4.34. The standard InChI is InChI=1S/C13H16O3/c1-4-10-8(3)9-6-5-7(2)12(14)11(9)13(15)16-10/h5-6,8,10,14H,4H2,1-3H3/t8-,10-/m0/s1. The summed E-state index contributed by atoms with van der Waals surface area (Å²) in [6.45, 7) is 5.79. The van der Waals surface area contributed by atoms with E-state index in [-0.39, 0.29) is 17.8 Å². The van der Waals surface area contributed by atoms with Crippen LogP contribution < -0.4 is 0 Å². The van der Waals surface area contributed by atoms with Crippen LogP contribution in [0, 0.1) is 6.92 Å². The molecule has 3 heteroatoms. The van der Waals surface area contributed by atoms with E-state index in [1.807, 2.05) is 26.0 Å². The first-order chi connectivity index (χ1) is 7.56. The molecule has 0 unspecified atom stereocenters. The number of aromatic hydroxyl groups is 1. The molecule has 0 radical (unpaired) electrons. The van der Waals surface area contributed by atoms with Gasteiger partial charge in [-0.25, -0.2) is 4.79 Å². The van der Waals surface area contributed by atoms with Crippen molar-refractivity contribution in [2.24, 2.45) is 0 Å². The molecule has 1 N–H and O–H groups in total. The van der Waals surface area contributed by atoms with Crippen molar-refractivity contribution in [1.82, 2.24) is 0 Å². The van der Waals surface area contributed by atoms with Crippen molar-refractivity contribution >= 4 is 5.97 Å². The van der Waals surface area contributed by atoms with Gasteiger partial charge in [0.25, 0.3) is 0 Å². The van der Waals surface area contributed by atoms with E-state index in [1.165, 1.54) is 0 Å². The molecule has 3 nitrogen and oxygen atoms in total. The molecular weight excluding hydrogens is 204 g/mol. The van der Waals surface area contributed by atoms with Crippen LogP contribution in [0.15, 0.2) is 12.1 Å². The Bertz CT molecular complexity index is 437. The van der Waals surface area contributed by atoms with Gasteiger partial charge in [0, 0.05) is 5.92 Å². The summed E-state index contributed by atoms with van der Waals surface area (Å²) >= 11 is 0. The summed E-state index contributed by atoms with van der Waals surface area (Å²) in [7, 11) is 0. The predicted molar refractivity (Wildman–Crippen MR) is 60.8 cm³/mol. The number of phenolic OH excluding ortho intramolecular Hbond substituents is 1. The van der Waals surface area contributed by atoms with Gasteiger partial charge >= 0.3 is 5.97 Å². The molecule has 1 aromatic carbocycles. The zero-order valence-electron chi connectivity index (χ0n) is 9.78. The maximum atomic E-state index is 11.8. The molecule has 2 atom stereocenters. The highest BCUT2D eigenvalue weighted by Gasteiger charge is 2.34. The number of rotatable bonds is 1. The first-order valence-electron chi connectivity index (χ1n) is 5.59. The minimum atomic E-state index is -0.402. The number of hydrogen-bond acceptors (Lipinski definition) is 3. The third-order valence-corrected chi connectivity index (χ3v) is 3.33. The Hall–Kier alpha value is -1.51. The van der Waals surface area contributed by atoms with Crippen LogP contribution in [0.3, 0.4) is 0 Å². The number of fused-ring (bicyclic) bond motifs is 1. The maximum Gasteiger partial charge on any atom is 0.342 e. The quantitative estimate of drug-likeness (QED) is 0.740. The van der Waals surface area contributed by atoms with Gasteiger partial charge in [0.05, 0.1) is 0 Å². The second kappa shape index (κ2) is 3.81. The molecule has 0 bridgehead atoms. The van der Waals surface area contributed by atoms with Crippen LogP contribution in [0.1, 0.15) is 47.7 Å². The number of carbonyl (C=O) groups is 1. The van der Waals surface area contributed by atoms with Crippen LogP contribution in [0.2, 0.25) is 0 Å². The first-order valence-corrected chi connectivity index (χ1v) is 5.59. The fraction of sp³-hybridized carbons (Fsp3) is 0.462. The Morgan fingerprint density at radius 2 is 2.12 bits per heavy atom. The summed E-state index contributed by atoms with van der Waals surface area (Å²) in [4.78, 5) is 11.8. The van der Waals surface area contributed by atoms with Gasteiger partial charge in [-0.3, -0.25) is 0 Å². The average Bonchev–Trinajstić information content (AvgIpc) is 2.27. The Kier molecular flexibility index (Phi) is 2.62. The molecule has 16 heavy (non-hydrogen) atoms. The van der Waals surface area contributed by atoms with Gasteiger partial charge < -0.3 is 9.84 Å². The summed E-state index contributed by atoms with van der Waals surface area (Å²) in [5.74, 6) is -0.200. The van der Waals surface area contributed by atoms with Gasteiger partial charge in [0.1, 0.15) is 17.4 Å². The molecule has 0 spiro atoms. The minimum Gasteiger partial charge on any atom is -0.507 e. The zero-order chi connectivity index (χ0) is 11.9. The van der Waals surface area contributed by atoms with E-state index in [0.29, 0.717) is 11.1 Å². The molecule has 0 amide bonds. The molecule has 0 aromatic heterocycles. The van der Waals surface area contributed by atoms with Crippen LogP contribution in [-0.4, -0.2) is 17.2 Å². The molecule has 0 saturated heterocycles. The van der Waals surface area contributed by atoms with E-state index in [2.05, 4.69) is 0 Å². The van der Waals surface area contributed by atoms with Gasteiger partial charge in [0.15, 0.2) is 0 Å². The molecule has 0 fully saturated rings. The molecular formula is C13H16O3. The predicted octanol–water partition coefficient (Wildman–Crippen LogP) is 2.75. The highest BCUT2D eigenvalue weighted by molar-refractivity contribution is 5.96. The third-order valence-electron chi connectivity index (χ3n) is 3.33. The average molecular weight is 220 g/mol. The summed E-state index contributed by atoms with van der Waals surface area (Å²) < 4.78 is 5.31. The number of phenols is 1. The van der Waals surface area contributed by atoms with Crippen LogP contribution in [-0.2, 0) is 4.74 Å². The Balaban J connectivity index is 2.58. The van der Waals surface area contributed by atoms with E-state index in [4.69, 9.17) is 4.74 Å². The van der Waals surface area contributed by atoms with Crippen molar-refractivity contribution in [3.8, 4) is 5.75 Å². The van der Waals surface area contributed by atoms with Gasteiger partial charge in [-0.2, -0.15) is 0 Å². The highest BCUT2D eigenvalue weighted by atomic mass is 16.5. The highest BCUT2D eigenvalue weighted by Crippen LogP contribution is 2.38. The third kappa shape index (κ3) is 1.47. The van der Waals surface area contributed by atoms with Crippen molar-refractivity contribution < 1.29 is 14.6 Å². The molecule has 0 aliphatic carbocycles. The lowest BCUT2D eigenvalue weighted by Crippen LogP contribution is -2.30. The van der Waals surface area contributed by atoms with E-state index >= 15 is 0 Å². The van der Waals surface area contributed by atoms with Crippen LogP contribution in [0.5, 0.6) is 5.75 Å². The lowest BCUT2D eigenvalue weighted by Gasteiger charge is -2.30. The summed E-state index contributed by atoms with van der Waals surface area (Å²) in [6, 6.07) is 3.76. The number of benzene rings is 1. The Morgan fingerprint density at radius 1 is 1.44 bits per heavy atom. The maximum absolute atomic E-state index is 11.8. The van der Waals surface area contributed by atoms with Crippen LogP contribution in [0.25, 0.3) is 0 Å². The van der Waals surface area contributed by atoms with Gasteiger partial charge in [-0.15, -0.1) is 0 Å². The lowest BCUT2D eigenvalue weighted by atomic mass is 9.86. The van der Waals surface area contributed by atoms with Gasteiger partial charge in [0.2, 0.25) is 0 Å². The number of cyclic esters (lactones) is 1. The second-order valence-electron chi connectivity index (χ2n) is 4.34. The minimum absolute atomic E-state index is 0.0592.